The van der Waals surface area contributed by atoms with Gasteiger partial charge in [0.05, 0.1) is 6.61 Å². The van der Waals surface area contributed by atoms with Crippen LogP contribution in [0.25, 0.3) is 0 Å². The predicted octanol–water partition coefficient (Wildman–Crippen LogP) is 1.16. The standard InChI is InChI=1S/C14H20N2O2S/c1-16(2)9-5-8-15-14(18)13-12(7-11-19-13)6-3-4-10-17/h7,11,17H,4-5,8-10H2,1-2H3,(H,15,18). The summed E-state index contributed by atoms with van der Waals surface area (Å²) < 4.78 is 0. The third-order valence-corrected chi connectivity index (χ3v) is 3.31. The smallest absolute Gasteiger partial charge is 0.262 e. The molecule has 0 fully saturated rings. The molecule has 0 radical (unpaired) electrons. The molecule has 1 aromatic heterocycles. The van der Waals surface area contributed by atoms with Gasteiger partial charge in [-0.05, 0) is 38.5 Å². The molecule has 1 rings (SSSR count). The van der Waals surface area contributed by atoms with E-state index in [-0.39, 0.29) is 12.5 Å². The van der Waals surface area contributed by atoms with Crippen LogP contribution in [-0.4, -0.2) is 49.7 Å². The Morgan fingerprint density at radius 2 is 2.32 bits per heavy atom. The summed E-state index contributed by atoms with van der Waals surface area (Å²) in [6.07, 6.45) is 1.36. The minimum atomic E-state index is -0.0675. The first-order valence-electron chi connectivity index (χ1n) is 6.25. The number of carbonyl (C=O) groups excluding carboxylic acids is 1. The molecule has 0 aliphatic carbocycles. The van der Waals surface area contributed by atoms with E-state index in [9.17, 15) is 4.79 Å². The second kappa shape index (κ2) is 8.70. The van der Waals surface area contributed by atoms with Gasteiger partial charge in [0.15, 0.2) is 0 Å². The van der Waals surface area contributed by atoms with E-state index in [0.717, 1.165) is 18.5 Å². The van der Waals surface area contributed by atoms with Crippen molar-refractivity contribution in [2.75, 3.05) is 33.8 Å². The molecule has 0 aliphatic heterocycles. The molecule has 1 aromatic rings. The van der Waals surface area contributed by atoms with Crippen LogP contribution < -0.4 is 5.32 Å². The number of thiophene rings is 1. The van der Waals surface area contributed by atoms with Gasteiger partial charge in [-0.1, -0.05) is 11.8 Å². The maximum Gasteiger partial charge on any atom is 0.262 e. The van der Waals surface area contributed by atoms with Crippen LogP contribution in [-0.2, 0) is 0 Å². The van der Waals surface area contributed by atoms with Crippen molar-refractivity contribution >= 4 is 17.2 Å². The molecule has 2 N–H and O–H groups in total. The zero-order chi connectivity index (χ0) is 14.1. The highest BCUT2D eigenvalue weighted by atomic mass is 32.1. The van der Waals surface area contributed by atoms with Crippen LogP contribution in [0.1, 0.15) is 28.1 Å². The lowest BCUT2D eigenvalue weighted by atomic mass is 10.2. The first kappa shape index (κ1) is 15.7. The third kappa shape index (κ3) is 5.88. The van der Waals surface area contributed by atoms with Crippen molar-refractivity contribution < 1.29 is 9.90 Å². The van der Waals surface area contributed by atoms with Gasteiger partial charge in [-0.25, -0.2) is 0 Å². The number of carbonyl (C=O) groups is 1. The first-order valence-corrected chi connectivity index (χ1v) is 7.13. The molecule has 0 spiro atoms. The van der Waals surface area contributed by atoms with Crippen LogP contribution >= 0.6 is 11.3 Å². The molecule has 0 atom stereocenters. The quantitative estimate of drug-likeness (QED) is 0.607. The van der Waals surface area contributed by atoms with Gasteiger partial charge in [0, 0.05) is 18.5 Å². The molecule has 104 valence electrons. The van der Waals surface area contributed by atoms with Crippen LogP contribution in [0.3, 0.4) is 0 Å². The fraction of sp³-hybridized carbons (Fsp3) is 0.500. The third-order valence-electron chi connectivity index (χ3n) is 2.40. The maximum absolute atomic E-state index is 12.0. The van der Waals surface area contributed by atoms with Gasteiger partial charge >= 0.3 is 0 Å². The Hall–Kier alpha value is -1.35. The van der Waals surface area contributed by atoms with Crippen molar-refractivity contribution in [2.45, 2.75) is 12.8 Å². The summed E-state index contributed by atoms with van der Waals surface area (Å²) in [6, 6.07) is 1.84. The van der Waals surface area contributed by atoms with Gasteiger partial charge < -0.3 is 15.3 Å². The average molecular weight is 280 g/mol. The lowest BCUT2D eigenvalue weighted by Gasteiger charge is -2.09. The summed E-state index contributed by atoms with van der Waals surface area (Å²) in [7, 11) is 4.02. The molecular weight excluding hydrogens is 260 g/mol. The number of amides is 1. The molecule has 4 nitrogen and oxygen atoms in total. The van der Waals surface area contributed by atoms with Gasteiger partial charge in [-0.2, -0.15) is 0 Å². The lowest BCUT2D eigenvalue weighted by Crippen LogP contribution is -2.26. The first-order chi connectivity index (χ1) is 9.15. The van der Waals surface area contributed by atoms with E-state index in [2.05, 4.69) is 22.1 Å². The molecule has 5 heteroatoms. The molecule has 0 bridgehead atoms. The van der Waals surface area contributed by atoms with Crippen molar-refractivity contribution in [1.29, 1.82) is 0 Å². The molecule has 0 aromatic carbocycles. The van der Waals surface area contributed by atoms with Crippen LogP contribution in [0.2, 0.25) is 0 Å². The number of nitrogens with one attached hydrogen (secondary N) is 1. The normalized spacial score (nSPS) is 10.1. The highest BCUT2D eigenvalue weighted by molar-refractivity contribution is 7.12. The van der Waals surface area contributed by atoms with Crippen molar-refractivity contribution in [2.24, 2.45) is 0 Å². The molecule has 0 aliphatic rings. The summed E-state index contributed by atoms with van der Waals surface area (Å²) in [5.41, 5.74) is 0.739. The van der Waals surface area contributed by atoms with Crippen molar-refractivity contribution in [3.63, 3.8) is 0 Å². The predicted molar refractivity (Wildman–Crippen MR) is 78.4 cm³/mol. The fourth-order valence-electron chi connectivity index (χ4n) is 1.47. The van der Waals surface area contributed by atoms with E-state index >= 15 is 0 Å². The molecule has 19 heavy (non-hydrogen) atoms. The fourth-order valence-corrected chi connectivity index (χ4v) is 2.24. The van der Waals surface area contributed by atoms with Gasteiger partial charge in [0.1, 0.15) is 4.88 Å². The summed E-state index contributed by atoms with van der Waals surface area (Å²) in [5, 5.41) is 13.4. The van der Waals surface area contributed by atoms with Crippen LogP contribution in [0.5, 0.6) is 0 Å². The Kier molecular flexibility index (Phi) is 7.19. The van der Waals surface area contributed by atoms with Crippen LogP contribution in [0.15, 0.2) is 11.4 Å². The zero-order valence-electron chi connectivity index (χ0n) is 11.4. The largest absolute Gasteiger partial charge is 0.395 e. The molecule has 0 saturated heterocycles. The Balaban J connectivity index is 2.49. The highest BCUT2D eigenvalue weighted by Crippen LogP contribution is 2.15. The summed E-state index contributed by atoms with van der Waals surface area (Å²) in [5.74, 6) is 5.68. The minimum absolute atomic E-state index is 0.0448. The maximum atomic E-state index is 12.0. The van der Waals surface area contributed by atoms with E-state index in [0.29, 0.717) is 17.8 Å². The number of nitrogens with zero attached hydrogens (tertiary/aromatic N) is 1. The molecule has 1 heterocycles. The zero-order valence-corrected chi connectivity index (χ0v) is 12.2. The van der Waals surface area contributed by atoms with E-state index in [1.807, 2.05) is 25.5 Å². The second-order valence-corrected chi connectivity index (χ2v) is 5.27. The minimum Gasteiger partial charge on any atom is -0.395 e. The van der Waals surface area contributed by atoms with Gasteiger partial charge in [-0.15, -0.1) is 11.3 Å². The summed E-state index contributed by atoms with van der Waals surface area (Å²) >= 11 is 1.39. The Labute approximate surface area is 118 Å². The number of rotatable bonds is 6. The van der Waals surface area contributed by atoms with Crippen LogP contribution in [0, 0.1) is 11.8 Å². The number of hydrogen-bond acceptors (Lipinski definition) is 4. The summed E-state index contributed by atoms with van der Waals surface area (Å²) in [4.78, 5) is 14.7. The van der Waals surface area contributed by atoms with Crippen LogP contribution in [0.4, 0.5) is 0 Å². The van der Waals surface area contributed by atoms with E-state index < -0.39 is 0 Å². The number of aliphatic hydroxyl groups is 1. The highest BCUT2D eigenvalue weighted by Gasteiger charge is 2.10. The molecule has 0 saturated carbocycles. The van der Waals surface area contributed by atoms with E-state index in [1.54, 1.807) is 0 Å². The SMILES string of the molecule is CN(C)CCCNC(=O)c1sccc1C#CCCO. The molecule has 0 unspecified atom stereocenters. The lowest BCUT2D eigenvalue weighted by molar-refractivity contribution is 0.0956. The number of hydrogen-bond donors (Lipinski definition) is 2. The Morgan fingerprint density at radius 3 is 3.00 bits per heavy atom. The van der Waals surface area contributed by atoms with Gasteiger partial charge in [0.25, 0.3) is 5.91 Å². The van der Waals surface area contributed by atoms with Gasteiger partial charge in [0.2, 0.25) is 0 Å². The van der Waals surface area contributed by atoms with Crippen molar-refractivity contribution in [3.8, 4) is 11.8 Å². The Bertz CT molecular complexity index is 458. The summed E-state index contributed by atoms with van der Waals surface area (Å²) in [6.45, 7) is 1.66. The van der Waals surface area contributed by atoms with Crippen molar-refractivity contribution in [1.82, 2.24) is 10.2 Å². The van der Waals surface area contributed by atoms with Gasteiger partial charge in [-0.3, -0.25) is 4.79 Å². The number of aliphatic hydroxyl groups excluding tert-OH is 1. The van der Waals surface area contributed by atoms with Crippen molar-refractivity contribution in [3.05, 3.63) is 21.9 Å². The molecule has 1 amide bonds. The average Bonchev–Trinajstić information content (AvgIpc) is 2.83. The molecular formula is C14H20N2O2S. The Morgan fingerprint density at radius 1 is 1.53 bits per heavy atom. The van der Waals surface area contributed by atoms with E-state index in [1.165, 1.54) is 11.3 Å². The van der Waals surface area contributed by atoms with E-state index in [4.69, 9.17) is 5.11 Å². The topological polar surface area (TPSA) is 52.6 Å². The second-order valence-electron chi connectivity index (χ2n) is 4.35. The monoisotopic (exact) mass is 280 g/mol.